The SMILES string of the molecule is CN(C)c1cc(N)[n+](OS(=O)(=O)O)c(N)c1. The van der Waals surface area contributed by atoms with E-state index < -0.39 is 10.4 Å². The quantitative estimate of drug-likeness (QED) is 0.437. The number of rotatable bonds is 3. The maximum Gasteiger partial charge on any atom is 0.476 e. The summed E-state index contributed by atoms with van der Waals surface area (Å²) < 4.78 is 34.3. The van der Waals surface area contributed by atoms with Crippen LogP contribution in [-0.4, -0.2) is 27.1 Å². The highest BCUT2D eigenvalue weighted by atomic mass is 32.3. The van der Waals surface area contributed by atoms with Crippen LogP contribution in [0.2, 0.25) is 0 Å². The molecule has 8 nitrogen and oxygen atoms in total. The van der Waals surface area contributed by atoms with Gasteiger partial charge >= 0.3 is 10.4 Å². The molecular formula is C7H13N4O4S+. The number of nitrogen functional groups attached to an aromatic ring is 2. The molecule has 1 aromatic heterocycles. The van der Waals surface area contributed by atoms with Crippen molar-refractivity contribution in [2.45, 2.75) is 0 Å². The van der Waals surface area contributed by atoms with Gasteiger partial charge in [-0.1, -0.05) is 0 Å². The Kier molecular flexibility index (Phi) is 3.10. The number of pyridine rings is 1. The van der Waals surface area contributed by atoms with Gasteiger partial charge in [0.05, 0.1) is 0 Å². The standard InChI is InChI=1S/C7H12N4O4S/c1-10(2)5-3-6(8)11(7(9)4-5)15-16(12,13)14/h3-4H,1-2H3,(H4,8,9,12,13,14)/p+1. The molecule has 90 valence electrons. The first kappa shape index (κ1) is 12.3. The van der Waals surface area contributed by atoms with Crippen LogP contribution in [0.1, 0.15) is 0 Å². The molecule has 0 unspecified atom stereocenters. The van der Waals surface area contributed by atoms with Gasteiger partial charge in [0.25, 0.3) is 11.6 Å². The molecule has 1 aromatic rings. The highest BCUT2D eigenvalue weighted by Crippen LogP contribution is 2.15. The highest BCUT2D eigenvalue weighted by Gasteiger charge is 2.18. The molecule has 0 amide bonds. The fourth-order valence-electron chi connectivity index (χ4n) is 1.05. The van der Waals surface area contributed by atoms with Crippen molar-refractivity contribution in [1.29, 1.82) is 0 Å². The molecule has 1 rings (SSSR count). The molecule has 0 atom stereocenters. The number of hydrogen-bond donors (Lipinski definition) is 3. The molecule has 0 aliphatic rings. The summed E-state index contributed by atoms with van der Waals surface area (Å²) in [4.78, 5) is 1.73. The van der Waals surface area contributed by atoms with E-state index in [1.807, 2.05) is 0 Å². The van der Waals surface area contributed by atoms with Crippen LogP contribution >= 0.6 is 0 Å². The molecule has 9 heteroatoms. The van der Waals surface area contributed by atoms with E-state index >= 15 is 0 Å². The summed E-state index contributed by atoms with van der Waals surface area (Å²) in [5.74, 6) is -0.109. The summed E-state index contributed by atoms with van der Waals surface area (Å²) >= 11 is 0. The fourth-order valence-corrected chi connectivity index (χ4v) is 1.41. The molecule has 0 aliphatic carbocycles. The van der Waals surface area contributed by atoms with Gasteiger partial charge in [-0.25, -0.2) is 4.28 Å². The molecule has 0 saturated heterocycles. The average molecular weight is 249 g/mol. The molecule has 0 aliphatic heterocycles. The number of aromatic nitrogens is 1. The lowest BCUT2D eigenvalue weighted by Gasteiger charge is -2.13. The van der Waals surface area contributed by atoms with Crippen LogP contribution < -0.4 is 25.4 Å². The summed E-state index contributed by atoms with van der Waals surface area (Å²) in [5, 5.41) is 0. The van der Waals surface area contributed by atoms with E-state index in [1.54, 1.807) is 19.0 Å². The van der Waals surface area contributed by atoms with Crippen LogP contribution in [0.25, 0.3) is 0 Å². The van der Waals surface area contributed by atoms with E-state index in [0.717, 1.165) is 0 Å². The van der Waals surface area contributed by atoms with Crippen LogP contribution in [0, 0.1) is 0 Å². The van der Waals surface area contributed by atoms with Crippen LogP contribution in [0.5, 0.6) is 0 Å². The van der Waals surface area contributed by atoms with Crippen molar-refractivity contribution in [3.63, 3.8) is 0 Å². The maximum absolute atomic E-state index is 10.5. The van der Waals surface area contributed by atoms with E-state index in [4.69, 9.17) is 16.0 Å². The van der Waals surface area contributed by atoms with E-state index in [2.05, 4.69) is 4.28 Å². The maximum atomic E-state index is 10.5. The molecule has 0 bridgehead atoms. The summed E-state index contributed by atoms with van der Waals surface area (Å²) in [6, 6.07) is 2.89. The summed E-state index contributed by atoms with van der Waals surface area (Å²) in [6.07, 6.45) is 0. The Morgan fingerprint density at radius 3 is 2.06 bits per heavy atom. The van der Waals surface area contributed by atoms with Crippen molar-refractivity contribution >= 4 is 27.7 Å². The monoisotopic (exact) mass is 249 g/mol. The number of nitrogens with two attached hydrogens (primary N) is 2. The average Bonchev–Trinajstić information content (AvgIpc) is 2.09. The first-order chi connectivity index (χ1) is 7.20. The van der Waals surface area contributed by atoms with Crippen LogP contribution in [0.3, 0.4) is 0 Å². The van der Waals surface area contributed by atoms with Crippen molar-refractivity contribution in [3.8, 4) is 0 Å². The smallest absolute Gasteiger partial charge is 0.377 e. The third-order valence-electron chi connectivity index (χ3n) is 1.75. The topological polar surface area (TPSA) is 123 Å². The molecule has 0 spiro atoms. The molecule has 0 fully saturated rings. The Balaban J connectivity index is 3.23. The Hall–Kier alpha value is -1.74. The molecule has 0 saturated carbocycles. The van der Waals surface area contributed by atoms with Crippen molar-refractivity contribution in [2.75, 3.05) is 30.5 Å². The van der Waals surface area contributed by atoms with E-state index in [0.29, 0.717) is 10.4 Å². The zero-order valence-corrected chi connectivity index (χ0v) is 9.60. The zero-order valence-electron chi connectivity index (χ0n) is 8.78. The Morgan fingerprint density at radius 1 is 1.31 bits per heavy atom. The van der Waals surface area contributed by atoms with Crippen molar-refractivity contribution in [2.24, 2.45) is 0 Å². The Morgan fingerprint density at radius 2 is 1.75 bits per heavy atom. The molecule has 16 heavy (non-hydrogen) atoms. The first-order valence-electron chi connectivity index (χ1n) is 4.16. The molecule has 0 aromatic carbocycles. The second kappa shape index (κ2) is 4.02. The predicted molar refractivity (Wildman–Crippen MR) is 57.9 cm³/mol. The largest absolute Gasteiger partial charge is 0.476 e. The van der Waals surface area contributed by atoms with E-state index in [9.17, 15) is 8.42 Å². The van der Waals surface area contributed by atoms with Crippen molar-refractivity contribution < 1.29 is 22.0 Å². The third-order valence-corrected chi connectivity index (χ3v) is 2.08. The van der Waals surface area contributed by atoms with Crippen LogP contribution in [-0.2, 0) is 10.4 Å². The second-order valence-corrected chi connectivity index (χ2v) is 4.26. The van der Waals surface area contributed by atoms with Gasteiger partial charge in [0.1, 0.15) is 0 Å². The highest BCUT2D eigenvalue weighted by molar-refractivity contribution is 7.80. The fraction of sp³-hybridized carbons (Fsp3) is 0.286. The molecule has 0 radical (unpaired) electrons. The van der Waals surface area contributed by atoms with Gasteiger partial charge in [-0.05, 0) is 4.73 Å². The van der Waals surface area contributed by atoms with E-state index in [1.165, 1.54) is 12.1 Å². The predicted octanol–water partition coefficient (Wildman–Crippen LogP) is -1.56. The molecule has 5 N–H and O–H groups in total. The second-order valence-electron chi connectivity index (χ2n) is 3.25. The number of hydrogen-bond acceptors (Lipinski definition) is 6. The lowest BCUT2D eigenvalue weighted by atomic mass is 10.3. The lowest BCUT2D eigenvalue weighted by Crippen LogP contribution is -2.50. The minimum atomic E-state index is -4.67. The molecule has 1 heterocycles. The van der Waals surface area contributed by atoms with Gasteiger partial charge in [-0.2, -0.15) is 8.42 Å². The first-order valence-corrected chi connectivity index (χ1v) is 5.53. The Bertz CT molecular complexity index is 476. The van der Waals surface area contributed by atoms with Gasteiger partial charge in [0.2, 0.25) is 0 Å². The third kappa shape index (κ3) is 2.87. The van der Waals surface area contributed by atoms with Gasteiger partial charge < -0.3 is 16.4 Å². The minimum absolute atomic E-state index is 0.0543. The van der Waals surface area contributed by atoms with Crippen LogP contribution in [0.4, 0.5) is 17.3 Å². The van der Waals surface area contributed by atoms with Gasteiger partial charge in [0, 0.05) is 31.9 Å². The lowest BCUT2D eigenvalue weighted by molar-refractivity contribution is -0.833. The van der Waals surface area contributed by atoms with Gasteiger partial charge in [-0.3, -0.25) is 4.55 Å². The number of anilines is 3. The summed E-state index contributed by atoms with van der Waals surface area (Å²) in [5.41, 5.74) is 11.7. The van der Waals surface area contributed by atoms with Crippen LogP contribution in [0.15, 0.2) is 12.1 Å². The van der Waals surface area contributed by atoms with Crippen molar-refractivity contribution in [1.82, 2.24) is 0 Å². The summed E-state index contributed by atoms with van der Waals surface area (Å²) in [6.45, 7) is 0. The molecular weight excluding hydrogens is 236 g/mol. The van der Waals surface area contributed by atoms with E-state index in [-0.39, 0.29) is 11.6 Å². The summed E-state index contributed by atoms with van der Waals surface area (Å²) in [7, 11) is -1.13. The van der Waals surface area contributed by atoms with Gasteiger partial charge in [-0.15, -0.1) is 0 Å². The number of nitrogens with zero attached hydrogens (tertiary/aromatic N) is 2. The zero-order chi connectivity index (χ0) is 12.5. The van der Waals surface area contributed by atoms with Gasteiger partial charge in [0.15, 0.2) is 0 Å². The minimum Gasteiger partial charge on any atom is -0.377 e. The normalized spacial score (nSPS) is 11.2. The Labute approximate surface area is 92.9 Å². The van der Waals surface area contributed by atoms with Crippen molar-refractivity contribution in [3.05, 3.63) is 12.1 Å².